The van der Waals surface area contributed by atoms with Crippen molar-refractivity contribution in [3.05, 3.63) is 65.2 Å². The van der Waals surface area contributed by atoms with Crippen molar-refractivity contribution in [1.29, 1.82) is 0 Å². The highest BCUT2D eigenvalue weighted by Crippen LogP contribution is 2.63. The standard InChI is InChI=1S/C18H16O3/c19-18(20)17-13-9-12-7-4-8-14(15(12)16(13)17)21-10-11-5-2-1-3-6-11/h1-8,13,16-17H,9-10H2,(H,19,20)/t13-,16-,17+/m1/s1. The molecule has 3 atom stereocenters. The van der Waals surface area contributed by atoms with Crippen LogP contribution in [-0.4, -0.2) is 11.1 Å². The Balaban J connectivity index is 1.58. The normalized spacial score (nSPS) is 25.0. The third kappa shape index (κ3) is 2.00. The number of carbonyl (C=O) groups is 1. The van der Waals surface area contributed by atoms with Gasteiger partial charge in [0.05, 0.1) is 5.92 Å². The quantitative estimate of drug-likeness (QED) is 0.935. The molecule has 4 rings (SSSR count). The van der Waals surface area contributed by atoms with E-state index in [0.29, 0.717) is 6.61 Å². The third-order valence-electron chi connectivity index (χ3n) is 4.64. The van der Waals surface area contributed by atoms with Gasteiger partial charge in [-0.25, -0.2) is 0 Å². The van der Waals surface area contributed by atoms with Crippen LogP contribution in [-0.2, 0) is 17.8 Å². The first-order chi connectivity index (χ1) is 10.3. The van der Waals surface area contributed by atoms with Crippen LogP contribution in [0.4, 0.5) is 0 Å². The Labute approximate surface area is 123 Å². The van der Waals surface area contributed by atoms with Crippen molar-refractivity contribution in [3.63, 3.8) is 0 Å². The lowest BCUT2D eigenvalue weighted by atomic mass is 10.0. The maximum Gasteiger partial charge on any atom is 0.307 e. The Morgan fingerprint density at radius 2 is 1.95 bits per heavy atom. The summed E-state index contributed by atoms with van der Waals surface area (Å²) in [5.74, 6) is 0.406. The molecule has 2 aromatic rings. The van der Waals surface area contributed by atoms with E-state index in [-0.39, 0.29) is 17.8 Å². The minimum Gasteiger partial charge on any atom is -0.489 e. The lowest BCUT2D eigenvalue weighted by Crippen LogP contribution is -2.06. The Bertz CT molecular complexity index is 693. The van der Waals surface area contributed by atoms with Gasteiger partial charge in [-0.1, -0.05) is 42.5 Å². The molecule has 21 heavy (non-hydrogen) atoms. The molecule has 106 valence electrons. The van der Waals surface area contributed by atoms with Gasteiger partial charge in [-0.15, -0.1) is 0 Å². The fraction of sp³-hybridized carbons (Fsp3) is 0.278. The molecule has 2 aliphatic rings. The Kier molecular flexibility index (Phi) is 2.74. The molecule has 1 saturated carbocycles. The second-order valence-electron chi connectivity index (χ2n) is 5.86. The molecule has 0 radical (unpaired) electrons. The van der Waals surface area contributed by atoms with Crippen LogP contribution in [0.5, 0.6) is 5.75 Å². The second-order valence-corrected chi connectivity index (χ2v) is 5.86. The highest BCUT2D eigenvalue weighted by molar-refractivity contribution is 5.78. The number of carboxylic acid groups (broad SMARTS) is 1. The van der Waals surface area contributed by atoms with E-state index < -0.39 is 5.97 Å². The minimum atomic E-state index is -0.673. The van der Waals surface area contributed by atoms with Crippen molar-refractivity contribution >= 4 is 5.97 Å². The van der Waals surface area contributed by atoms with Gasteiger partial charge in [0.25, 0.3) is 0 Å². The number of rotatable bonds is 4. The maximum absolute atomic E-state index is 11.2. The van der Waals surface area contributed by atoms with Gasteiger partial charge in [-0.2, -0.15) is 0 Å². The Morgan fingerprint density at radius 3 is 2.71 bits per heavy atom. The lowest BCUT2D eigenvalue weighted by Gasteiger charge is -2.13. The van der Waals surface area contributed by atoms with Crippen LogP contribution < -0.4 is 4.74 Å². The summed E-state index contributed by atoms with van der Waals surface area (Å²) in [5.41, 5.74) is 3.51. The number of carboxylic acids is 1. The van der Waals surface area contributed by atoms with Crippen LogP contribution in [0.15, 0.2) is 48.5 Å². The van der Waals surface area contributed by atoms with Crippen LogP contribution in [0.3, 0.4) is 0 Å². The number of fused-ring (bicyclic) bond motifs is 3. The molecule has 0 unspecified atom stereocenters. The molecule has 3 nitrogen and oxygen atoms in total. The van der Waals surface area contributed by atoms with E-state index in [1.807, 2.05) is 42.5 Å². The summed E-state index contributed by atoms with van der Waals surface area (Å²) in [7, 11) is 0. The third-order valence-corrected chi connectivity index (χ3v) is 4.64. The number of hydrogen-bond donors (Lipinski definition) is 1. The van der Waals surface area contributed by atoms with Gasteiger partial charge in [0.15, 0.2) is 0 Å². The van der Waals surface area contributed by atoms with Crippen molar-refractivity contribution in [3.8, 4) is 5.75 Å². The lowest BCUT2D eigenvalue weighted by molar-refractivity contribution is -0.139. The molecule has 1 N–H and O–H groups in total. The first-order valence-corrected chi connectivity index (χ1v) is 7.27. The maximum atomic E-state index is 11.2. The van der Waals surface area contributed by atoms with Crippen molar-refractivity contribution in [1.82, 2.24) is 0 Å². The number of ether oxygens (including phenoxy) is 1. The Morgan fingerprint density at radius 1 is 1.14 bits per heavy atom. The first kappa shape index (κ1) is 12.5. The number of aliphatic carboxylic acids is 1. The molecular weight excluding hydrogens is 264 g/mol. The predicted molar refractivity (Wildman–Crippen MR) is 78.3 cm³/mol. The van der Waals surface area contributed by atoms with Crippen LogP contribution >= 0.6 is 0 Å². The van der Waals surface area contributed by atoms with Gasteiger partial charge in [0, 0.05) is 11.5 Å². The van der Waals surface area contributed by atoms with Crippen molar-refractivity contribution in [2.24, 2.45) is 11.8 Å². The van der Waals surface area contributed by atoms with Crippen LogP contribution in [0.25, 0.3) is 0 Å². The zero-order valence-electron chi connectivity index (χ0n) is 11.5. The summed E-state index contributed by atoms with van der Waals surface area (Å²) < 4.78 is 5.97. The first-order valence-electron chi connectivity index (χ1n) is 7.27. The molecule has 0 saturated heterocycles. The molecule has 0 spiro atoms. The van der Waals surface area contributed by atoms with E-state index in [9.17, 15) is 9.90 Å². The topological polar surface area (TPSA) is 46.5 Å². The molecule has 1 fully saturated rings. The highest BCUT2D eigenvalue weighted by Gasteiger charge is 2.60. The second kappa shape index (κ2) is 4.62. The van der Waals surface area contributed by atoms with E-state index in [1.54, 1.807) is 0 Å². The van der Waals surface area contributed by atoms with Crippen LogP contribution in [0, 0.1) is 11.8 Å². The molecule has 0 bridgehead atoms. The highest BCUT2D eigenvalue weighted by atomic mass is 16.5. The average molecular weight is 280 g/mol. The molecule has 0 amide bonds. The number of benzene rings is 2. The van der Waals surface area contributed by atoms with Gasteiger partial charge >= 0.3 is 5.97 Å². The van der Waals surface area contributed by atoms with E-state index in [0.717, 1.165) is 23.3 Å². The van der Waals surface area contributed by atoms with Gasteiger partial charge in [-0.05, 0) is 29.5 Å². The minimum absolute atomic E-state index is 0.157. The molecule has 0 aromatic heterocycles. The van der Waals surface area contributed by atoms with Crippen LogP contribution in [0.1, 0.15) is 22.6 Å². The van der Waals surface area contributed by atoms with Gasteiger partial charge < -0.3 is 9.84 Å². The smallest absolute Gasteiger partial charge is 0.307 e. The fourth-order valence-corrected chi connectivity index (χ4v) is 3.62. The van der Waals surface area contributed by atoms with E-state index in [2.05, 4.69) is 6.07 Å². The van der Waals surface area contributed by atoms with E-state index in [4.69, 9.17) is 4.74 Å². The summed E-state index contributed by atoms with van der Waals surface area (Å²) in [6.07, 6.45) is 0.875. The SMILES string of the molecule is O=C(O)[C@H]1[C@@H]2Cc3cccc(OCc4ccccc4)c3[C@@H]21. The van der Waals surface area contributed by atoms with E-state index >= 15 is 0 Å². The predicted octanol–water partition coefficient (Wildman–Crippen LogP) is 3.24. The fourth-order valence-electron chi connectivity index (χ4n) is 3.62. The Hall–Kier alpha value is -2.29. The zero-order chi connectivity index (χ0) is 14.4. The molecule has 3 heteroatoms. The largest absolute Gasteiger partial charge is 0.489 e. The van der Waals surface area contributed by atoms with Gasteiger partial charge in [-0.3, -0.25) is 4.79 Å². The van der Waals surface area contributed by atoms with Crippen molar-refractivity contribution in [2.75, 3.05) is 0 Å². The summed E-state index contributed by atoms with van der Waals surface area (Å²) in [6.45, 7) is 0.520. The molecule has 0 aliphatic heterocycles. The summed E-state index contributed by atoms with van der Waals surface area (Å²) in [5, 5.41) is 9.24. The van der Waals surface area contributed by atoms with Gasteiger partial charge in [0.2, 0.25) is 0 Å². The molecule has 2 aromatic carbocycles. The molecule has 2 aliphatic carbocycles. The molecular formula is C18H16O3. The van der Waals surface area contributed by atoms with Gasteiger partial charge in [0.1, 0.15) is 12.4 Å². The summed E-state index contributed by atoms with van der Waals surface area (Å²) >= 11 is 0. The summed E-state index contributed by atoms with van der Waals surface area (Å²) in [4.78, 5) is 11.2. The summed E-state index contributed by atoms with van der Waals surface area (Å²) in [6, 6.07) is 16.1. The number of hydrogen-bond acceptors (Lipinski definition) is 2. The van der Waals surface area contributed by atoms with Crippen molar-refractivity contribution in [2.45, 2.75) is 18.9 Å². The monoisotopic (exact) mass is 280 g/mol. The zero-order valence-corrected chi connectivity index (χ0v) is 11.5. The van der Waals surface area contributed by atoms with Crippen LogP contribution in [0.2, 0.25) is 0 Å². The van der Waals surface area contributed by atoms with Crippen molar-refractivity contribution < 1.29 is 14.6 Å². The molecule has 0 heterocycles. The average Bonchev–Trinajstić information content (AvgIpc) is 3.08. The van der Waals surface area contributed by atoms with E-state index in [1.165, 1.54) is 5.56 Å².